The summed E-state index contributed by atoms with van der Waals surface area (Å²) in [5.74, 6) is -0.290. The van der Waals surface area contributed by atoms with Crippen molar-refractivity contribution < 1.29 is 9.53 Å². The standard InChI is InChI=1S/C18H20ClNO2/c1-18(2,3)22-17(21)12-20-16-10-9-14(19)11-15(16)13-7-5-4-6-8-13/h4-11,20H,12H2,1-3H3. The Labute approximate surface area is 136 Å². The first-order chi connectivity index (χ1) is 10.3. The van der Waals surface area contributed by atoms with Crippen LogP contribution in [0.15, 0.2) is 48.5 Å². The Hall–Kier alpha value is -2.00. The fourth-order valence-electron chi connectivity index (χ4n) is 2.07. The molecule has 0 aliphatic carbocycles. The lowest BCUT2D eigenvalue weighted by molar-refractivity contribution is -0.152. The fraction of sp³-hybridized carbons (Fsp3) is 0.278. The fourth-order valence-corrected chi connectivity index (χ4v) is 2.24. The molecule has 3 nitrogen and oxygen atoms in total. The van der Waals surface area contributed by atoms with E-state index < -0.39 is 5.60 Å². The average Bonchev–Trinajstić information content (AvgIpc) is 2.45. The SMILES string of the molecule is CC(C)(C)OC(=O)CNc1ccc(Cl)cc1-c1ccccc1. The van der Waals surface area contributed by atoms with E-state index >= 15 is 0 Å². The lowest BCUT2D eigenvalue weighted by Gasteiger charge is -2.20. The summed E-state index contributed by atoms with van der Waals surface area (Å²) >= 11 is 6.10. The molecule has 22 heavy (non-hydrogen) atoms. The van der Waals surface area contributed by atoms with Crippen molar-refractivity contribution in [1.82, 2.24) is 0 Å². The summed E-state index contributed by atoms with van der Waals surface area (Å²) in [5, 5.41) is 3.78. The molecule has 0 aliphatic heterocycles. The van der Waals surface area contributed by atoms with Crippen LogP contribution in [-0.4, -0.2) is 18.1 Å². The summed E-state index contributed by atoms with van der Waals surface area (Å²) in [5.41, 5.74) is 2.36. The molecule has 0 amide bonds. The number of halogens is 1. The molecule has 2 rings (SSSR count). The van der Waals surface area contributed by atoms with E-state index in [1.807, 2.05) is 63.2 Å². The summed E-state index contributed by atoms with van der Waals surface area (Å²) in [6.07, 6.45) is 0. The number of hydrogen-bond donors (Lipinski definition) is 1. The summed E-state index contributed by atoms with van der Waals surface area (Å²) in [4.78, 5) is 11.8. The van der Waals surface area contributed by atoms with Crippen LogP contribution < -0.4 is 5.32 Å². The Morgan fingerprint density at radius 3 is 2.45 bits per heavy atom. The van der Waals surface area contributed by atoms with Gasteiger partial charge < -0.3 is 10.1 Å². The first-order valence-corrected chi connectivity index (χ1v) is 7.54. The summed E-state index contributed by atoms with van der Waals surface area (Å²) in [7, 11) is 0. The number of hydrogen-bond acceptors (Lipinski definition) is 3. The van der Waals surface area contributed by atoms with Gasteiger partial charge in [-0.15, -0.1) is 0 Å². The molecule has 2 aromatic rings. The minimum atomic E-state index is -0.485. The minimum Gasteiger partial charge on any atom is -0.459 e. The zero-order chi connectivity index (χ0) is 16.2. The number of nitrogens with one attached hydrogen (secondary N) is 1. The molecule has 4 heteroatoms. The Kier molecular flexibility index (Phi) is 5.09. The van der Waals surface area contributed by atoms with Crippen LogP contribution in [0.3, 0.4) is 0 Å². The Morgan fingerprint density at radius 1 is 1.14 bits per heavy atom. The number of carbonyl (C=O) groups excluding carboxylic acids is 1. The van der Waals surface area contributed by atoms with Crippen molar-refractivity contribution in [1.29, 1.82) is 0 Å². The van der Waals surface area contributed by atoms with Crippen molar-refractivity contribution in [3.05, 3.63) is 53.6 Å². The molecule has 0 radical (unpaired) electrons. The molecule has 0 aliphatic rings. The maximum atomic E-state index is 11.8. The molecule has 0 spiro atoms. The first-order valence-electron chi connectivity index (χ1n) is 7.16. The molecule has 0 unspecified atom stereocenters. The minimum absolute atomic E-state index is 0.110. The van der Waals surface area contributed by atoms with Gasteiger partial charge in [-0.1, -0.05) is 41.9 Å². The van der Waals surface area contributed by atoms with Crippen LogP contribution in [-0.2, 0) is 9.53 Å². The quantitative estimate of drug-likeness (QED) is 0.826. The van der Waals surface area contributed by atoms with E-state index in [4.69, 9.17) is 16.3 Å². The second-order valence-electron chi connectivity index (χ2n) is 6.00. The lowest BCUT2D eigenvalue weighted by atomic mass is 10.0. The zero-order valence-electron chi connectivity index (χ0n) is 13.0. The molecule has 0 saturated carbocycles. The van der Waals surface area contributed by atoms with Crippen molar-refractivity contribution in [3.63, 3.8) is 0 Å². The number of ether oxygens (including phenoxy) is 1. The third-order valence-electron chi connectivity index (χ3n) is 2.91. The normalized spacial score (nSPS) is 11.1. The topological polar surface area (TPSA) is 38.3 Å². The Balaban J connectivity index is 2.16. The molecule has 0 aromatic heterocycles. The van der Waals surface area contributed by atoms with Crippen molar-refractivity contribution in [3.8, 4) is 11.1 Å². The largest absolute Gasteiger partial charge is 0.459 e. The van der Waals surface area contributed by atoms with Crippen LogP contribution in [0.1, 0.15) is 20.8 Å². The van der Waals surface area contributed by atoms with Gasteiger partial charge >= 0.3 is 5.97 Å². The lowest BCUT2D eigenvalue weighted by Crippen LogP contribution is -2.28. The number of anilines is 1. The van der Waals surface area contributed by atoms with E-state index in [0.29, 0.717) is 5.02 Å². The molecule has 0 fully saturated rings. The van der Waals surface area contributed by atoms with Crippen LogP contribution in [0.4, 0.5) is 5.69 Å². The predicted octanol–water partition coefficient (Wildman–Crippen LogP) is 4.76. The van der Waals surface area contributed by atoms with Crippen LogP contribution in [0, 0.1) is 0 Å². The highest BCUT2D eigenvalue weighted by atomic mass is 35.5. The maximum absolute atomic E-state index is 11.8. The molecule has 0 bridgehead atoms. The van der Waals surface area contributed by atoms with Crippen molar-refractivity contribution in [2.24, 2.45) is 0 Å². The van der Waals surface area contributed by atoms with E-state index in [2.05, 4.69) is 5.32 Å². The van der Waals surface area contributed by atoms with Gasteiger partial charge in [0.2, 0.25) is 0 Å². The number of esters is 1. The van der Waals surface area contributed by atoms with E-state index in [-0.39, 0.29) is 12.5 Å². The van der Waals surface area contributed by atoms with Gasteiger partial charge in [0.05, 0.1) is 0 Å². The summed E-state index contributed by atoms with van der Waals surface area (Å²) in [6, 6.07) is 15.5. The number of carbonyl (C=O) groups is 1. The molecule has 116 valence electrons. The van der Waals surface area contributed by atoms with Gasteiger partial charge in [-0.2, -0.15) is 0 Å². The second-order valence-corrected chi connectivity index (χ2v) is 6.43. The molecule has 0 heterocycles. The Bertz CT molecular complexity index is 648. The third kappa shape index (κ3) is 4.78. The van der Waals surface area contributed by atoms with Crippen molar-refractivity contribution in [2.45, 2.75) is 26.4 Å². The van der Waals surface area contributed by atoms with E-state index in [0.717, 1.165) is 16.8 Å². The van der Waals surface area contributed by atoms with Gasteiger partial charge in [-0.05, 0) is 44.5 Å². The van der Waals surface area contributed by atoms with Crippen LogP contribution in [0.5, 0.6) is 0 Å². The molecule has 0 saturated heterocycles. The highest BCUT2D eigenvalue weighted by Gasteiger charge is 2.16. The van der Waals surface area contributed by atoms with Crippen LogP contribution >= 0.6 is 11.6 Å². The van der Waals surface area contributed by atoms with Gasteiger partial charge in [-0.3, -0.25) is 4.79 Å². The molecular formula is C18H20ClNO2. The third-order valence-corrected chi connectivity index (χ3v) is 3.14. The number of rotatable bonds is 4. The van der Waals surface area contributed by atoms with Gasteiger partial charge in [0, 0.05) is 16.3 Å². The predicted molar refractivity (Wildman–Crippen MR) is 91.2 cm³/mol. The molecule has 1 N–H and O–H groups in total. The van der Waals surface area contributed by atoms with E-state index in [9.17, 15) is 4.79 Å². The number of benzene rings is 2. The smallest absolute Gasteiger partial charge is 0.325 e. The monoisotopic (exact) mass is 317 g/mol. The summed E-state index contributed by atoms with van der Waals surface area (Å²) < 4.78 is 5.30. The van der Waals surface area contributed by atoms with Crippen molar-refractivity contribution in [2.75, 3.05) is 11.9 Å². The van der Waals surface area contributed by atoms with Crippen LogP contribution in [0.2, 0.25) is 5.02 Å². The maximum Gasteiger partial charge on any atom is 0.325 e. The zero-order valence-corrected chi connectivity index (χ0v) is 13.8. The highest BCUT2D eigenvalue weighted by molar-refractivity contribution is 6.31. The summed E-state index contributed by atoms with van der Waals surface area (Å²) in [6.45, 7) is 5.66. The molecule has 2 aromatic carbocycles. The first kappa shape index (κ1) is 16.4. The van der Waals surface area contributed by atoms with E-state index in [1.54, 1.807) is 6.07 Å². The van der Waals surface area contributed by atoms with Crippen molar-refractivity contribution >= 4 is 23.3 Å². The highest BCUT2D eigenvalue weighted by Crippen LogP contribution is 2.30. The average molecular weight is 318 g/mol. The van der Waals surface area contributed by atoms with Gasteiger partial charge in [0.25, 0.3) is 0 Å². The van der Waals surface area contributed by atoms with Crippen LogP contribution in [0.25, 0.3) is 11.1 Å². The van der Waals surface area contributed by atoms with E-state index in [1.165, 1.54) is 0 Å². The molecule has 0 atom stereocenters. The van der Waals surface area contributed by atoms with Gasteiger partial charge in [0.1, 0.15) is 12.1 Å². The Morgan fingerprint density at radius 2 is 1.82 bits per heavy atom. The van der Waals surface area contributed by atoms with Gasteiger partial charge in [-0.25, -0.2) is 0 Å². The second kappa shape index (κ2) is 6.84. The van der Waals surface area contributed by atoms with Gasteiger partial charge in [0.15, 0.2) is 0 Å². The molecular weight excluding hydrogens is 298 g/mol.